The average molecular weight is 327 g/mol. The third kappa shape index (κ3) is 4.10. The fraction of sp³-hybridized carbons (Fsp3) is 0.235. The number of aromatic nitrogens is 2. The number of hydrogen-bond donors (Lipinski definition) is 1. The van der Waals surface area contributed by atoms with Crippen LogP contribution in [0.1, 0.15) is 19.2 Å². The van der Waals surface area contributed by atoms with Gasteiger partial charge in [0.1, 0.15) is 0 Å². The molecule has 0 fully saturated rings. The van der Waals surface area contributed by atoms with Crippen LogP contribution in [0.5, 0.6) is 0 Å². The van der Waals surface area contributed by atoms with E-state index in [1.165, 1.54) is 11.8 Å². The van der Waals surface area contributed by atoms with Crippen molar-refractivity contribution in [3.8, 4) is 0 Å². The molecular formula is C17H17N3O2S. The molecule has 0 atom stereocenters. The Morgan fingerprint density at radius 3 is 2.83 bits per heavy atom. The molecule has 3 rings (SSSR count). The van der Waals surface area contributed by atoms with Crippen LogP contribution < -0.4 is 5.32 Å². The lowest BCUT2D eigenvalue weighted by Crippen LogP contribution is -2.13. The van der Waals surface area contributed by atoms with Crippen molar-refractivity contribution in [2.45, 2.75) is 25.0 Å². The van der Waals surface area contributed by atoms with Gasteiger partial charge in [0.2, 0.25) is 11.8 Å². The third-order valence-electron chi connectivity index (χ3n) is 3.27. The summed E-state index contributed by atoms with van der Waals surface area (Å²) in [4.78, 5) is 12.0. The molecule has 0 saturated carbocycles. The van der Waals surface area contributed by atoms with Crippen molar-refractivity contribution in [1.82, 2.24) is 10.2 Å². The average Bonchev–Trinajstić information content (AvgIpc) is 3.01. The highest BCUT2D eigenvalue weighted by Gasteiger charge is 2.09. The SMILES string of the molecule is CCCc1nnc(SCC(=O)Nc2ccc3ccccc3c2)o1. The van der Waals surface area contributed by atoms with Gasteiger partial charge >= 0.3 is 0 Å². The van der Waals surface area contributed by atoms with Gasteiger partial charge in [0, 0.05) is 12.1 Å². The number of anilines is 1. The minimum absolute atomic E-state index is 0.0967. The highest BCUT2D eigenvalue weighted by atomic mass is 32.2. The molecule has 23 heavy (non-hydrogen) atoms. The first-order valence-corrected chi connectivity index (χ1v) is 8.47. The number of amides is 1. The van der Waals surface area contributed by atoms with Gasteiger partial charge in [-0.2, -0.15) is 0 Å². The molecule has 6 heteroatoms. The van der Waals surface area contributed by atoms with Crippen LogP contribution in [0.15, 0.2) is 52.1 Å². The number of benzene rings is 2. The number of thioether (sulfide) groups is 1. The van der Waals surface area contributed by atoms with Crippen molar-refractivity contribution in [3.05, 3.63) is 48.4 Å². The molecule has 1 amide bonds. The minimum Gasteiger partial charge on any atom is -0.416 e. The lowest BCUT2D eigenvalue weighted by molar-refractivity contribution is -0.113. The molecule has 2 aromatic carbocycles. The summed E-state index contributed by atoms with van der Waals surface area (Å²) in [6.45, 7) is 2.05. The topological polar surface area (TPSA) is 68.0 Å². The number of hydrogen-bond acceptors (Lipinski definition) is 5. The second-order valence-corrected chi connectivity index (χ2v) is 6.04. The molecule has 118 valence electrons. The first-order valence-electron chi connectivity index (χ1n) is 7.48. The number of carbonyl (C=O) groups is 1. The summed E-state index contributed by atoms with van der Waals surface area (Å²) >= 11 is 1.25. The van der Waals surface area contributed by atoms with Crippen molar-refractivity contribution in [2.24, 2.45) is 0 Å². The Labute approximate surface area is 138 Å². The highest BCUT2D eigenvalue weighted by Crippen LogP contribution is 2.20. The Morgan fingerprint density at radius 2 is 2.00 bits per heavy atom. The summed E-state index contributed by atoms with van der Waals surface area (Å²) in [5.74, 6) is 0.756. The predicted molar refractivity (Wildman–Crippen MR) is 91.6 cm³/mol. The summed E-state index contributed by atoms with van der Waals surface area (Å²) < 4.78 is 5.44. The Hall–Kier alpha value is -2.34. The van der Waals surface area contributed by atoms with E-state index in [4.69, 9.17) is 4.42 Å². The zero-order valence-electron chi connectivity index (χ0n) is 12.8. The van der Waals surface area contributed by atoms with Gasteiger partial charge in [-0.25, -0.2) is 0 Å². The fourth-order valence-corrected chi connectivity index (χ4v) is 2.78. The standard InChI is InChI=1S/C17H17N3O2S/c1-2-5-16-19-20-17(22-16)23-11-15(21)18-14-9-8-12-6-3-4-7-13(12)10-14/h3-4,6-10H,2,5,11H2,1H3,(H,18,21). The number of rotatable bonds is 6. The fourth-order valence-electron chi connectivity index (χ4n) is 2.20. The Bertz CT molecular complexity index is 816. The lowest BCUT2D eigenvalue weighted by atomic mass is 10.1. The van der Waals surface area contributed by atoms with E-state index in [1.807, 2.05) is 49.4 Å². The molecule has 0 radical (unpaired) electrons. The Kier molecular flexibility index (Phi) is 4.92. The van der Waals surface area contributed by atoms with E-state index in [2.05, 4.69) is 15.5 Å². The molecule has 1 aromatic heterocycles. The van der Waals surface area contributed by atoms with Crippen molar-refractivity contribution >= 4 is 34.1 Å². The van der Waals surface area contributed by atoms with E-state index in [0.717, 1.165) is 29.3 Å². The molecule has 0 aliphatic heterocycles. The predicted octanol–water partition coefficient (Wildman–Crippen LogP) is 3.91. The zero-order chi connectivity index (χ0) is 16.1. The molecule has 3 aromatic rings. The molecule has 0 spiro atoms. The largest absolute Gasteiger partial charge is 0.416 e. The van der Waals surface area contributed by atoms with Crippen LogP contribution in [-0.4, -0.2) is 21.9 Å². The summed E-state index contributed by atoms with van der Waals surface area (Å²) in [6, 6.07) is 13.9. The Morgan fingerprint density at radius 1 is 1.17 bits per heavy atom. The van der Waals surface area contributed by atoms with Gasteiger partial charge in [-0.05, 0) is 29.3 Å². The van der Waals surface area contributed by atoms with Crippen LogP contribution >= 0.6 is 11.8 Å². The highest BCUT2D eigenvalue weighted by molar-refractivity contribution is 7.99. The van der Waals surface area contributed by atoms with Crippen LogP contribution in [0, 0.1) is 0 Å². The number of carbonyl (C=O) groups excluding carboxylic acids is 1. The van der Waals surface area contributed by atoms with Crippen LogP contribution in [0.2, 0.25) is 0 Å². The summed E-state index contributed by atoms with van der Waals surface area (Å²) in [7, 11) is 0. The maximum absolute atomic E-state index is 12.0. The van der Waals surface area contributed by atoms with E-state index in [1.54, 1.807) is 0 Å². The van der Waals surface area contributed by atoms with E-state index >= 15 is 0 Å². The zero-order valence-corrected chi connectivity index (χ0v) is 13.6. The van der Waals surface area contributed by atoms with Crippen molar-refractivity contribution in [1.29, 1.82) is 0 Å². The maximum Gasteiger partial charge on any atom is 0.277 e. The van der Waals surface area contributed by atoms with Crippen LogP contribution in [0.3, 0.4) is 0 Å². The second kappa shape index (κ2) is 7.28. The van der Waals surface area contributed by atoms with Gasteiger partial charge in [-0.3, -0.25) is 4.79 Å². The van der Waals surface area contributed by atoms with Crippen molar-refractivity contribution < 1.29 is 9.21 Å². The normalized spacial score (nSPS) is 10.8. The van der Waals surface area contributed by atoms with Crippen LogP contribution in [-0.2, 0) is 11.2 Å². The molecule has 0 aliphatic rings. The summed E-state index contributed by atoms with van der Waals surface area (Å²) in [6.07, 6.45) is 1.71. The van der Waals surface area contributed by atoms with E-state index in [9.17, 15) is 4.79 Å². The molecule has 5 nitrogen and oxygen atoms in total. The van der Waals surface area contributed by atoms with Crippen molar-refractivity contribution in [3.63, 3.8) is 0 Å². The quantitative estimate of drug-likeness (QED) is 0.695. The number of aryl methyl sites for hydroxylation is 1. The molecule has 0 aliphatic carbocycles. The van der Waals surface area contributed by atoms with E-state index < -0.39 is 0 Å². The van der Waals surface area contributed by atoms with E-state index in [-0.39, 0.29) is 11.7 Å². The van der Waals surface area contributed by atoms with E-state index in [0.29, 0.717) is 11.1 Å². The van der Waals surface area contributed by atoms with Crippen molar-refractivity contribution in [2.75, 3.05) is 11.1 Å². The van der Waals surface area contributed by atoms with Crippen LogP contribution in [0.4, 0.5) is 5.69 Å². The summed E-state index contributed by atoms with van der Waals surface area (Å²) in [5, 5.41) is 13.4. The first kappa shape index (κ1) is 15.6. The first-order chi connectivity index (χ1) is 11.2. The Balaban J connectivity index is 1.57. The van der Waals surface area contributed by atoms with Gasteiger partial charge in [-0.15, -0.1) is 10.2 Å². The molecule has 0 bridgehead atoms. The minimum atomic E-state index is -0.0967. The lowest BCUT2D eigenvalue weighted by Gasteiger charge is -2.05. The summed E-state index contributed by atoms with van der Waals surface area (Å²) in [5.41, 5.74) is 0.784. The monoisotopic (exact) mass is 327 g/mol. The number of fused-ring (bicyclic) bond motifs is 1. The molecular weight excluding hydrogens is 310 g/mol. The second-order valence-electron chi connectivity index (χ2n) is 5.11. The smallest absolute Gasteiger partial charge is 0.277 e. The number of nitrogens with zero attached hydrogens (tertiary/aromatic N) is 2. The number of nitrogens with one attached hydrogen (secondary N) is 1. The van der Waals surface area contributed by atoms with Gasteiger partial charge in [-0.1, -0.05) is 49.0 Å². The molecule has 0 saturated heterocycles. The van der Waals surface area contributed by atoms with Gasteiger partial charge in [0.25, 0.3) is 5.22 Å². The molecule has 1 N–H and O–H groups in total. The maximum atomic E-state index is 12.0. The third-order valence-corrected chi connectivity index (χ3v) is 4.09. The van der Waals surface area contributed by atoms with Gasteiger partial charge in [0.15, 0.2) is 0 Å². The van der Waals surface area contributed by atoms with Gasteiger partial charge < -0.3 is 9.73 Å². The molecule has 0 unspecified atom stereocenters. The van der Waals surface area contributed by atoms with Crippen LogP contribution in [0.25, 0.3) is 10.8 Å². The van der Waals surface area contributed by atoms with Gasteiger partial charge in [0.05, 0.1) is 5.75 Å². The molecule has 1 heterocycles.